The summed E-state index contributed by atoms with van der Waals surface area (Å²) in [6.45, 7) is 6.90. The predicted octanol–water partition coefficient (Wildman–Crippen LogP) is 4.24. The molecule has 0 radical (unpaired) electrons. The van der Waals surface area contributed by atoms with Gasteiger partial charge in [0.2, 0.25) is 0 Å². The molecule has 4 nitrogen and oxygen atoms in total. The van der Waals surface area contributed by atoms with Gasteiger partial charge in [-0.1, -0.05) is 23.9 Å². The van der Waals surface area contributed by atoms with Gasteiger partial charge in [0.25, 0.3) is 0 Å². The normalized spacial score (nSPS) is 17.4. The van der Waals surface area contributed by atoms with Crippen LogP contribution in [0.5, 0.6) is 11.5 Å². The van der Waals surface area contributed by atoms with E-state index in [0.29, 0.717) is 18.8 Å². The second-order valence-electron chi connectivity index (χ2n) is 6.80. The number of carbonyl (C=O) groups excluding carboxylic acids is 1. The molecule has 2 aliphatic rings. The predicted molar refractivity (Wildman–Crippen MR) is 97.9 cm³/mol. The van der Waals surface area contributed by atoms with Crippen LogP contribution < -0.4 is 4.74 Å². The molecule has 0 amide bonds. The molecule has 5 heteroatoms. The summed E-state index contributed by atoms with van der Waals surface area (Å²) in [5.74, 6) is 1.72. The van der Waals surface area contributed by atoms with Gasteiger partial charge in [0.1, 0.15) is 11.5 Å². The van der Waals surface area contributed by atoms with E-state index in [4.69, 9.17) is 9.47 Å². The van der Waals surface area contributed by atoms with E-state index in [1.54, 1.807) is 11.8 Å². The highest BCUT2D eigenvalue weighted by atomic mass is 32.2. The third-order valence-corrected chi connectivity index (χ3v) is 5.97. The Balaban J connectivity index is 1.61. The Morgan fingerprint density at radius 1 is 1.04 bits per heavy atom. The highest BCUT2D eigenvalue weighted by Gasteiger charge is 2.36. The molecule has 0 spiro atoms. The molecule has 0 N–H and O–H groups in total. The number of Topliss-reactive ketones (excluding diaryl/α,β-unsaturated/α-hetero) is 1. The minimum atomic E-state index is -0.558. The molecule has 25 heavy (non-hydrogen) atoms. The Morgan fingerprint density at radius 3 is 2.56 bits per heavy atom. The van der Waals surface area contributed by atoms with Gasteiger partial charge in [0.05, 0.1) is 28.5 Å². The topological polar surface area (TPSA) is 38.8 Å². The lowest BCUT2D eigenvalue weighted by Crippen LogP contribution is -2.54. The lowest BCUT2D eigenvalue weighted by atomic mass is 9.90. The zero-order chi connectivity index (χ0) is 17.4. The smallest absolute Gasteiger partial charge is 0.182 e. The number of hydrogen-bond acceptors (Lipinski definition) is 5. The Morgan fingerprint density at radius 2 is 1.76 bits per heavy atom. The molecule has 0 unspecified atom stereocenters. The molecular formula is C20H21NO3S. The first-order valence-corrected chi connectivity index (χ1v) is 9.34. The summed E-state index contributed by atoms with van der Waals surface area (Å²) < 4.78 is 11.4. The fraction of sp³-hybridized carbons (Fsp3) is 0.350. The number of hydrogen-bond donors (Lipinski definition) is 0. The lowest BCUT2D eigenvalue weighted by Gasteiger charge is -2.39. The molecule has 4 rings (SSSR count). The molecule has 2 aromatic carbocycles. The highest BCUT2D eigenvalue weighted by molar-refractivity contribution is 7.99. The van der Waals surface area contributed by atoms with Gasteiger partial charge in [-0.25, -0.2) is 0 Å². The van der Waals surface area contributed by atoms with Gasteiger partial charge in [-0.3, -0.25) is 9.69 Å². The minimum Gasteiger partial charge on any atom is -0.455 e. The molecule has 0 aromatic heterocycles. The Labute approximate surface area is 152 Å². The van der Waals surface area contributed by atoms with Crippen LogP contribution in [-0.2, 0) is 4.74 Å². The Bertz CT molecular complexity index is 812. The monoisotopic (exact) mass is 355 g/mol. The van der Waals surface area contributed by atoms with Crippen molar-refractivity contribution in [3.63, 3.8) is 0 Å². The number of nitrogens with zero attached hydrogens (tertiary/aromatic N) is 1. The molecule has 0 aliphatic carbocycles. The number of benzene rings is 2. The second kappa shape index (κ2) is 6.48. The molecule has 0 atom stereocenters. The van der Waals surface area contributed by atoms with E-state index in [9.17, 15) is 4.79 Å². The van der Waals surface area contributed by atoms with Crippen LogP contribution >= 0.6 is 11.8 Å². The first kappa shape index (κ1) is 16.6. The minimum absolute atomic E-state index is 0.115. The summed E-state index contributed by atoms with van der Waals surface area (Å²) in [5, 5.41) is 0. The van der Waals surface area contributed by atoms with Crippen molar-refractivity contribution in [1.29, 1.82) is 0 Å². The van der Waals surface area contributed by atoms with Crippen molar-refractivity contribution in [3.05, 3.63) is 48.0 Å². The van der Waals surface area contributed by atoms with E-state index in [-0.39, 0.29) is 5.78 Å². The first-order valence-electron chi connectivity index (χ1n) is 8.52. The summed E-state index contributed by atoms with van der Waals surface area (Å²) in [5.41, 5.74) is 0.132. The molecule has 2 heterocycles. The molecule has 0 saturated carbocycles. The van der Waals surface area contributed by atoms with Gasteiger partial charge < -0.3 is 9.47 Å². The van der Waals surface area contributed by atoms with E-state index >= 15 is 0 Å². The third-order valence-electron chi connectivity index (χ3n) is 4.85. The maximum atomic E-state index is 13.2. The molecule has 1 fully saturated rings. The number of ketones is 1. The molecular weight excluding hydrogens is 334 g/mol. The maximum absolute atomic E-state index is 13.2. The van der Waals surface area contributed by atoms with E-state index in [1.165, 1.54) is 0 Å². The van der Waals surface area contributed by atoms with Gasteiger partial charge in [-0.15, -0.1) is 0 Å². The van der Waals surface area contributed by atoms with Gasteiger partial charge in [-0.2, -0.15) is 0 Å². The molecule has 0 bridgehead atoms. The number of para-hydroxylation sites is 1. The molecule has 2 aromatic rings. The highest BCUT2D eigenvalue weighted by Crippen LogP contribution is 2.47. The summed E-state index contributed by atoms with van der Waals surface area (Å²) in [7, 11) is 0. The van der Waals surface area contributed by atoms with Crippen LogP contribution in [0.2, 0.25) is 0 Å². The van der Waals surface area contributed by atoms with E-state index in [0.717, 1.165) is 34.4 Å². The zero-order valence-corrected chi connectivity index (χ0v) is 15.3. The zero-order valence-electron chi connectivity index (χ0n) is 14.5. The third kappa shape index (κ3) is 3.08. The van der Waals surface area contributed by atoms with E-state index in [2.05, 4.69) is 4.90 Å². The van der Waals surface area contributed by atoms with Crippen molar-refractivity contribution < 1.29 is 14.3 Å². The van der Waals surface area contributed by atoms with Gasteiger partial charge >= 0.3 is 0 Å². The first-order chi connectivity index (χ1) is 12.1. The maximum Gasteiger partial charge on any atom is 0.182 e. The number of ether oxygens (including phenoxy) is 2. The van der Waals surface area contributed by atoms with Crippen LogP contribution in [0.1, 0.15) is 24.2 Å². The number of carbonyl (C=O) groups is 1. The van der Waals surface area contributed by atoms with Crippen molar-refractivity contribution >= 4 is 17.5 Å². The van der Waals surface area contributed by atoms with Crippen LogP contribution in [0.3, 0.4) is 0 Å². The van der Waals surface area contributed by atoms with E-state index < -0.39 is 5.54 Å². The Hall–Kier alpha value is -1.82. The summed E-state index contributed by atoms with van der Waals surface area (Å²) in [6, 6.07) is 13.7. The van der Waals surface area contributed by atoms with Crippen LogP contribution in [0.25, 0.3) is 0 Å². The van der Waals surface area contributed by atoms with Crippen molar-refractivity contribution in [3.8, 4) is 11.5 Å². The fourth-order valence-electron chi connectivity index (χ4n) is 3.29. The van der Waals surface area contributed by atoms with Crippen molar-refractivity contribution in [2.45, 2.75) is 29.2 Å². The van der Waals surface area contributed by atoms with E-state index in [1.807, 2.05) is 56.3 Å². The van der Waals surface area contributed by atoms with Crippen LogP contribution in [0.4, 0.5) is 0 Å². The van der Waals surface area contributed by atoms with Crippen molar-refractivity contribution in [2.75, 3.05) is 26.3 Å². The van der Waals surface area contributed by atoms with Crippen LogP contribution in [-0.4, -0.2) is 42.5 Å². The van der Waals surface area contributed by atoms with Crippen molar-refractivity contribution in [1.82, 2.24) is 4.90 Å². The average molecular weight is 355 g/mol. The van der Waals surface area contributed by atoms with Crippen LogP contribution in [0, 0.1) is 0 Å². The standard InChI is InChI=1S/C20H21NO3S/c1-20(2,21-9-11-23-12-10-21)19(22)14-7-8-18-16(13-14)24-15-5-3-4-6-17(15)25-18/h3-8,13H,9-12H2,1-2H3. The largest absolute Gasteiger partial charge is 0.455 e. The lowest BCUT2D eigenvalue weighted by molar-refractivity contribution is -0.00430. The number of morpholine rings is 1. The summed E-state index contributed by atoms with van der Waals surface area (Å²) in [4.78, 5) is 17.5. The molecule has 1 saturated heterocycles. The number of rotatable bonds is 3. The number of fused-ring (bicyclic) bond motifs is 2. The van der Waals surface area contributed by atoms with Gasteiger partial charge in [-0.05, 0) is 44.2 Å². The van der Waals surface area contributed by atoms with Gasteiger partial charge in [0, 0.05) is 18.7 Å². The summed E-state index contributed by atoms with van der Waals surface area (Å²) in [6.07, 6.45) is 0. The fourth-order valence-corrected chi connectivity index (χ4v) is 4.22. The van der Waals surface area contributed by atoms with Crippen LogP contribution in [0.15, 0.2) is 52.3 Å². The summed E-state index contributed by atoms with van der Waals surface area (Å²) >= 11 is 1.68. The molecule has 2 aliphatic heterocycles. The Kier molecular flexibility index (Phi) is 4.31. The SMILES string of the molecule is CC(C)(C(=O)c1ccc2c(c1)Oc1ccccc1S2)N1CCOCC1. The van der Waals surface area contributed by atoms with Gasteiger partial charge in [0.15, 0.2) is 5.78 Å². The average Bonchev–Trinajstić information content (AvgIpc) is 2.66. The second-order valence-corrected chi connectivity index (χ2v) is 7.88. The molecule has 130 valence electrons. The van der Waals surface area contributed by atoms with Crippen molar-refractivity contribution in [2.24, 2.45) is 0 Å². The quantitative estimate of drug-likeness (QED) is 0.657.